The van der Waals surface area contributed by atoms with E-state index < -0.39 is 12.3 Å². The van der Waals surface area contributed by atoms with Crippen LogP contribution in [-0.4, -0.2) is 47.3 Å². The van der Waals surface area contributed by atoms with Crippen LogP contribution in [0.25, 0.3) is 11.0 Å². The third-order valence-electron chi connectivity index (χ3n) is 4.70. The predicted octanol–water partition coefficient (Wildman–Crippen LogP) is 3.31. The average molecular weight is 355 g/mol. The lowest BCUT2D eigenvalue weighted by atomic mass is 10.2. The molecule has 1 fully saturated rings. The maximum absolute atomic E-state index is 14.3. The second kappa shape index (κ2) is 7.43. The van der Waals surface area contributed by atoms with Gasteiger partial charge in [0.15, 0.2) is 0 Å². The van der Waals surface area contributed by atoms with Gasteiger partial charge in [0.1, 0.15) is 30.5 Å². The van der Waals surface area contributed by atoms with E-state index in [2.05, 4.69) is 27.0 Å². The number of imidazole rings is 1. The summed E-state index contributed by atoms with van der Waals surface area (Å²) in [4.78, 5) is 9.79. The first kappa shape index (κ1) is 17.0. The van der Waals surface area contributed by atoms with Gasteiger partial charge in [-0.3, -0.25) is 4.90 Å². The SMILES string of the molecule is COc1ccc2nc(CO[C@H]3CN(Cc4ccccc4)C[C@H]3F)[nH]c2c1. The first-order valence-electron chi connectivity index (χ1n) is 8.76. The molecule has 0 saturated carbocycles. The van der Waals surface area contributed by atoms with E-state index in [-0.39, 0.29) is 6.61 Å². The molecule has 1 aromatic heterocycles. The molecule has 0 aliphatic carbocycles. The largest absolute Gasteiger partial charge is 0.497 e. The molecule has 0 spiro atoms. The number of ether oxygens (including phenoxy) is 2. The average Bonchev–Trinajstić information content (AvgIpc) is 3.22. The molecule has 0 bridgehead atoms. The molecule has 1 aliphatic heterocycles. The van der Waals surface area contributed by atoms with Crippen LogP contribution in [0.5, 0.6) is 5.75 Å². The van der Waals surface area contributed by atoms with Crippen LogP contribution in [0.15, 0.2) is 48.5 Å². The van der Waals surface area contributed by atoms with Gasteiger partial charge >= 0.3 is 0 Å². The van der Waals surface area contributed by atoms with E-state index in [0.29, 0.717) is 18.9 Å². The highest BCUT2D eigenvalue weighted by atomic mass is 19.1. The van der Waals surface area contributed by atoms with Crippen LogP contribution < -0.4 is 4.74 Å². The highest BCUT2D eigenvalue weighted by Crippen LogP contribution is 2.22. The number of hydrogen-bond acceptors (Lipinski definition) is 4. The summed E-state index contributed by atoms with van der Waals surface area (Å²) < 4.78 is 25.4. The number of H-pyrrole nitrogens is 1. The van der Waals surface area contributed by atoms with Crippen LogP contribution in [0.2, 0.25) is 0 Å². The van der Waals surface area contributed by atoms with Crippen molar-refractivity contribution in [2.45, 2.75) is 25.4 Å². The molecular formula is C20H22FN3O2. The summed E-state index contributed by atoms with van der Waals surface area (Å²) >= 11 is 0. The van der Waals surface area contributed by atoms with Gasteiger partial charge in [0, 0.05) is 25.7 Å². The van der Waals surface area contributed by atoms with Crippen molar-refractivity contribution in [3.05, 3.63) is 59.9 Å². The zero-order valence-corrected chi connectivity index (χ0v) is 14.7. The van der Waals surface area contributed by atoms with Crippen LogP contribution in [0, 0.1) is 0 Å². The molecule has 5 nitrogen and oxygen atoms in total. The highest BCUT2D eigenvalue weighted by Gasteiger charge is 2.33. The number of fused-ring (bicyclic) bond motifs is 1. The van der Waals surface area contributed by atoms with E-state index in [9.17, 15) is 4.39 Å². The Morgan fingerprint density at radius 2 is 2.04 bits per heavy atom. The van der Waals surface area contributed by atoms with Crippen LogP contribution in [0.4, 0.5) is 4.39 Å². The van der Waals surface area contributed by atoms with Crippen molar-refractivity contribution in [3.63, 3.8) is 0 Å². The first-order valence-corrected chi connectivity index (χ1v) is 8.76. The van der Waals surface area contributed by atoms with Crippen LogP contribution >= 0.6 is 0 Å². The summed E-state index contributed by atoms with van der Waals surface area (Å²) in [5.41, 5.74) is 2.92. The summed E-state index contributed by atoms with van der Waals surface area (Å²) in [7, 11) is 1.63. The summed E-state index contributed by atoms with van der Waals surface area (Å²) in [6.07, 6.45) is -1.41. The quantitative estimate of drug-likeness (QED) is 0.737. The molecular weight excluding hydrogens is 333 g/mol. The van der Waals surface area contributed by atoms with Gasteiger partial charge in [0.05, 0.1) is 18.1 Å². The first-order chi connectivity index (χ1) is 12.7. The molecule has 0 radical (unpaired) electrons. The Morgan fingerprint density at radius 1 is 1.19 bits per heavy atom. The number of rotatable bonds is 6. The number of aromatic amines is 1. The molecule has 0 unspecified atom stereocenters. The fourth-order valence-corrected chi connectivity index (χ4v) is 3.36. The van der Waals surface area contributed by atoms with Crippen molar-refractivity contribution in [1.82, 2.24) is 14.9 Å². The zero-order chi connectivity index (χ0) is 17.9. The lowest BCUT2D eigenvalue weighted by Crippen LogP contribution is -2.24. The highest BCUT2D eigenvalue weighted by molar-refractivity contribution is 5.76. The Morgan fingerprint density at radius 3 is 2.85 bits per heavy atom. The van der Waals surface area contributed by atoms with Gasteiger partial charge < -0.3 is 14.5 Å². The molecule has 1 N–H and O–H groups in total. The van der Waals surface area contributed by atoms with Crippen LogP contribution in [0.1, 0.15) is 11.4 Å². The molecule has 2 atom stereocenters. The van der Waals surface area contributed by atoms with E-state index in [1.165, 1.54) is 5.56 Å². The molecule has 3 aromatic rings. The van der Waals surface area contributed by atoms with E-state index >= 15 is 0 Å². The maximum Gasteiger partial charge on any atom is 0.140 e. The lowest BCUT2D eigenvalue weighted by Gasteiger charge is -2.15. The van der Waals surface area contributed by atoms with Crippen molar-refractivity contribution >= 4 is 11.0 Å². The molecule has 2 aromatic carbocycles. The van der Waals surface area contributed by atoms with Crippen molar-refractivity contribution in [1.29, 1.82) is 0 Å². The molecule has 1 saturated heterocycles. The Bertz CT molecular complexity index is 868. The van der Waals surface area contributed by atoms with Gasteiger partial charge in [-0.25, -0.2) is 9.37 Å². The number of hydrogen-bond donors (Lipinski definition) is 1. The Hall–Kier alpha value is -2.44. The molecule has 1 aliphatic rings. The third kappa shape index (κ3) is 3.71. The number of alkyl halides is 1. The fraction of sp³-hybridized carbons (Fsp3) is 0.350. The second-order valence-corrected chi connectivity index (χ2v) is 6.61. The normalized spacial score (nSPS) is 20.7. The van der Waals surface area contributed by atoms with Crippen molar-refractivity contribution in [2.24, 2.45) is 0 Å². The Balaban J connectivity index is 1.35. The van der Waals surface area contributed by atoms with Gasteiger partial charge in [-0.1, -0.05) is 30.3 Å². The molecule has 4 rings (SSSR count). The molecule has 2 heterocycles. The number of aromatic nitrogens is 2. The second-order valence-electron chi connectivity index (χ2n) is 6.61. The summed E-state index contributed by atoms with van der Waals surface area (Å²) in [6, 6.07) is 15.8. The van der Waals surface area contributed by atoms with E-state index in [4.69, 9.17) is 9.47 Å². The number of methoxy groups -OCH3 is 1. The minimum Gasteiger partial charge on any atom is -0.497 e. The summed E-state index contributed by atoms with van der Waals surface area (Å²) in [6.45, 7) is 1.99. The van der Waals surface area contributed by atoms with Crippen LogP contribution in [0.3, 0.4) is 0 Å². The van der Waals surface area contributed by atoms with Gasteiger partial charge in [0.25, 0.3) is 0 Å². The number of nitrogens with one attached hydrogen (secondary N) is 1. The minimum atomic E-state index is -0.983. The number of nitrogens with zero attached hydrogens (tertiary/aromatic N) is 2. The van der Waals surface area contributed by atoms with Crippen molar-refractivity contribution in [3.8, 4) is 5.75 Å². The minimum absolute atomic E-state index is 0.265. The number of likely N-dealkylation sites (tertiary alicyclic amines) is 1. The molecule has 26 heavy (non-hydrogen) atoms. The smallest absolute Gasteiger partial charge is 0.140 e. The molecule has 0 amide bonds. The fourth-order valence-electron chi connectivity index (χ4n) is 3.36. The van der Waals surface area contributed by atoms with Crippen LogP contribution in [-0.2, 0) is 17.9 Å². The van der Waals surface area contributed by atoms with E-state index in [1.807, 2.05) is 36.4 Å². The molecule has 6 heteroatoms. The van der Waals surface area contributed by atoms with Gasteiger partial charge in [-0.2, -0.15) is 0 Å². The van der Waals surface area contributed by atoms with Gasteiger partial charge in [-0.15, -0.1) is 0 Å². The third-order valence-corrected chi connectivity index (χ3v) is 4.70. The summed E-state index contributed by atoms with van der Waals surface area (Å²) in [5.74, 6) is 1.46. The monoisotopic (exact) mass is 355 g/mol. The predicted molar refractivity (Wildman–Crippen MR) is 97.8 cm³/mol. The van der Waals surface area contributed by atoms with Crippen molar-refractivity contribution < 1.29 is 13.9 Å². The topological polar surface area (TPSA) is 50.4 Å². The van der Waals surface area contributed by atoms with E-state index in [0.717, 1.165) is 23.3 Å². The van der Waals surface area contributed by atoms with E-state index in [1.54, 1.807) is 7.11 Å². The summed E-state index contributed by atoms with van der Waals surface area (Å²) in [5, 5.41) is 0. The lowest BCUT2D eigenvalue weighted by molar-refractivity contribution is 0.00864. The standard InChI is InChI=1S/C20H22FN3O2/c1-25-15-7-8-17-18(9-15)23-20(22-17)13-26-19-12-24(11-16(19)21)10-14-5-3-2-4-6-14/h2-9,16,19H,10-13H2,1H3,(H,22,23)/t16-,19+/m1/s1. The Labute approximate surface area is 151 Å². The van der Waals surface area contributed by atoms with Crippen molar-refractivity contribution in [2.75, 3.05) is 20.2 Å². The Kier molecular flexibility index (Phi) is 4.86. The number of halogens is 1. The number of benzene rings is 2. The molecule has 136 valence electrons. The van der Waals surface area contributed by atoms with Gasteiger partial charge in [-0.05, 0) is 17.7 Å². The zero-order valence-electron chi connectivity index (χ0n) is 14.7. The maximum atomic E-state index is 14.3. The van der Waals surface area contributed by atoms with Gasteiger partial charge in [0.2, 0.25) is 0 Å².